The predicted octanol–water partition coefficient (Wildman–Crippen LogP) is 4.65. The molecule has 2 aliphatic rings. The first-order chi connectivity index (χ1) is 16.2. The SMILES string of the molecule is CC(C)(C)c1cc(NC(=O)CCCN2C(=O)c3ccccc3N3C(=O)CCC23C)n(C(C)(C)C)n1. The number of aromatic nitrogens is 2. The number of hydrogen-bond acceptors (Lipinski definition) is 4. The maximum atomic E-state index is 13.4. The van der Waals surface area contributed by atoms with Crippen LogP contribution in [0, 0.1) is 0 Å². The topological polar surface area (TPSA) is 87.5 Å². The quantitative estimate of drug-likeness (QED) is 0.676. The molecule has 2 aliphatic heterocycles. The highest BCUT2D eigenvalue weighted by atomic mass is 16.2. The van der Waals surface area contributed by atoms with Gasteiger partial charge in [-0.1, -0.05) is 32.9 Å². The van der Waals surface area contributed by atoms with E-state index in [1.807, 2.05) is 35.9 Å². The van der Waals surface area contributed by atoms with Crippen molar-refractivity contribution in [3.05, 3.63) is 41.6 Å². The van der Waals surface area contributed by atoms with Gasteiger partial charge in [-0.05, 0) is 52.7 Å². The highest BCUT2D eigenvalue weighted by molar-refractivity contribution is 6.10. The molecule has 0 radical (unpaired) electrons. The zero-order valence-electron chi connectivity index (χ0n) is 21.9. The van der Waals surface area contributed by atoms with Crippen molar-refractivity contribution in [3.63, 3.8) is 0 Å². The normalized spacial score (nSPS) is 20.2. The van der Waals surface area contributed by atoms with Crippen LogP contribution in [0.5, 0.6) is 0 Å². The number of anilines is 2. The molecule has 0 bridgehead atoms. The van der Waals surface area contributed by atoms with E-state index in [4.69, 9.17) is 5.10 Å². The standard InChI is InChI=1S/C27H37N5O3/c1-25(2,3)20-17-21(32(29-20)26(4,5)6)28-22(33)13-10-16-30-24(35)18-11-8-9-12-19(18)31-23(34)14-15-27(30,31)7/h8-9,11-12,17H,10,13-16H2,1-7H3,(H,28,33). The maximum Gasteiger partial charge on any atom is 0.257 e. The van der Waals surface area contributed by atoms with Crippen LogP contribution < -0.4 is 10.2 Å². The molecule has 8 heteroatoms. The third kappa shape index (κ3) is 4.46. The van der Waals surface area contributed by atoms with Gasteiger partial charge in [-0.15, -0.1) is 0 Å². The van der Waals surface area contributed by atoms with Gasteiger partial charge in [0.15, 0.2) is 0 Å². The lowest BCUT2D eigenvalue weighted by atomic mass is 9.92. The second kappa shape index (κ2) is 8.50. The van der Waals surface area contributed by atoms with E-state index in [9.17, 15) is 14.4 Å². The van der Waals surface area contributed by atoms with Gasteiger partial charge in [0, 0.05) is 30.9 Å². The van der Waals surface area contributed by atoms with Gasteiger partial charge in [0.05, 0.1) is 22.5 Å². The van der Waals surface area contributed by atoms with Crippen molar-refractivity contribution >= 4 is 29.2 Å². The highest BCUT2D eigenvalue weighted by Gasteiger charge is 2.52. The molecular formula is C27H37N5O3. The Balaban J connectivity index is 1.47. The summed E-state index contributed by atoms with van der Waals surface area (Å²) in [6, 6.07) is 9.21. The van der Waals surface area contributed by atoms with Crippen LogP contribution in [0.15, 0.2) is 30.3 Å². The van der Waals surface area contributed by atoms with Gasteiger partial charge < -0.3 is 10.2 Å². The van der Waals surface area contributed by atoms with Crippen LogP contribution in [0.25, 0.3) is 0 Å². The number of amides is 3. The van der Waals surface area contributed by atoms with E-state index in [2.05, 4.69) is 46.9 Å². The summed E-state index contributed by atoms with van der Waals surface area (Å²) in [5.41, 5.74) is 1.01. The summed E-state index contributed by atoms with van der Waals surface area (Å²) >= 11 is 0. The lowest BCUT2D eigenvalue weighted by molar-refractivity contribution is -0.118. The van der Waals surface area contributed by atoms with E-state index in [1.165, 1.54) is 0 Å². The molecule has 1 aromatic heterocycles. The molecule has 35 heavy (non-hydrogen) atoms. The minimum Gasteiger partial charge on any atom is -0.315 e. The number of nitrogens with one attached hydrogen (secondary N) is 1. The summed E-state index contributed by atoms with van der Waals surface area (Å²) in [6.45, 7) is 14.8. The third-order valence-electron chi connectivity index (χ3n) is 6.91. The Kier molecular flexibility index (Phi) is 6.06. The average molecular weight is 480 g/mol. The van der Waals surface area contributed by atoms with Crippen LogP contribution in [0.2, 0.25) is 0 Å². The Morgan fingerprint density at radius 1 is 1.11 bits per heavy atom. The Labute approximate surface area is 207 Å². The van der Waals surface area contributed by atoms with Crippen molar-refractivity contribution in [1.29, 1.82) is 0 Å². The van der Waals surface area contributed by atoms with Gasteiger partial charge in [-0.3, -0.25) is 19.3 Å². The number of benzene rings is 1. The molecule has 8 nitrogen and oxygen atoms in total. The molecule has 0 aliphatic carbocycles. The molecule has 1 saturated heterocycles. The van der Waals surface area contributed by atoms with Crippen molar-refractivity contribution < 1.29 is 14.4 Å². The van der Waals surface area contributed by atoms with Gasteiger partial charge in [-0.2, -0.15) is 5.10 Å². The summed E-state index contributed by atoms with van der Waals surface area (Å²) in [6.07, 6.45) is 1.74. The number of carbonyl (C=O) groups excluding carboxylic acids is 3. The van der Waals surface area contributed by atoms with Crippen molar-refractivity contribution in [2.24, 2.45) is 0 Å². The number of fused-ring (bicyclic) bond motifs is 3. The Morgan fingerprint density at radius 3 is 2.46 bits per heavy atom. The van der Waals surface area contributed by atoms with E-state index in [0.29, 0.717) is 42.9 Å². The molecule has 1 N–H and O–H groups in total. The maximum absolute atomic E-state index is 13.4. The second-order valence-electron chi connectivity index (χ2n) is 11.8. The lowest BCUT2D eigenvalue weighted by Gasteiger charge is -2.48. The Bertz CT molecular complexity index is 1170. The summed E-state index contributed by atoms with van der Waals surface area (Å²) in [4.78, 5) is 42.5. The highest BCUT2D eigenvalue weighted by Crippen LogP contribution is 2.44. The molecule has 188 valence electrons. The van der Waals surface area contributed by atoms with Gasteiger partial charge in [0.25, 0.3) is 5.91 Å². The molecule has 1 fully saturated rings. The fraction of sp³-hybridized carbons (Fsp3) is 0.556. The third-order valence-corrected chi connectivity index (χ3v) is 6.91. The van der Waals surface area contributed by atoms with Crippen molar-refractivity contribution in [3.8, 4) is 0 Å². The van der Waals surface area contributed by atoms with Gasteiger partial charge in [-0.25, -0.2) is 4.68 Å². The van der Waals surface area contributed by atoms with E-state index >= 15 is 0 Å². The molecule has 1 unspecified atom stereocenters. The van der Waals surface area contributed by atoms with Crippen molar-refractivity contribution in [2.75, 3.05) is 16.8 Å². The van der Waals surface area contributed by atoms with Crippen LogP contribution in [-0.4, -0.2) is 44.6 Å². The van der Waals surface area contributed by atoms with E-state index in [0.717, 1.165) is 5.69 Å². The molecule has 2 aromatic rings. The minimum absolute atomic E-state index is 0.0280. The van der Waals surface area contributed by atoms with E-state index < -0.39 is 5.66 Å². The number of para-hydroxylation sites is 1. The number of carbonyl (C=O) groups is 3. The minimum atomic E-state index is -0.703. The largest absolute Gasteiger partial charge is 0.315 e. The van der Waals surface area contributed by atoms with E-state index in [-0.39, 0.29) is 35.1 Å². The molecule has 3 heterocycles. The predicted molar refractivity (Wildman–Crippen MR) is 136 cm³/mol. The summed E-state index contributed by atoms with van der Waals surface area (Å²) in [5.74, 6) is 0.496. The second-order valence-corrected chi connectivity index (χ2v) is 11.8. The number of hydrogen-bond donors (Lipinski definition) is 1. The zero-order valence-corrected chi connectivity index (χ0v) is 21.9. The monoisotopic (exact) mass is 479 g/mol. The van der Waals surface area contributed by atoms with Gasteiger partial charge >= 0.3 is 0 Å². The summed E-state index contributed by atoms with van der Waals surface area (Å²) in [7, 11) is 0. The molecule has 3 amide bonds. The van der Waals surface area contributed by atoms with Crippen LogP contribution in [0.1, 0.15) is 90.2 Å². The molecule has 1 atom stereocenters. The van der Waals surface area contributed by atoms with Gasteiger partial charge in [0.2, 0.25) is 11.8 Å². The Hall–Kier alpha value is -3.16. The van der Waals surface area contributed by atoms with Crippen LogP contribution in [0.4, 0.5) is 11.5 Å². The van der Waals surface area contributed by atoms with Crippen LogP contribution in [0.3, 0.4) is 0 Å². The van der Waals surface area contributed by atoms with Crippen molar-refractivity contribution in [1.82, 2.24) is 14.7 Å². The smallest absolute Gasteiger partial charge is 0.257 e. The fourth-order valence-electron chi connectivity index (χ4n) is 4.99. The molecule has 4 rings (SSSR count). The molecule has 1 aromatic carbocycles. The fourth-order valence-corrected chi connectivity index (χ4v) is 4.99. The first-order valence-electron chi connectivity index (χ1n) is 12.4. The average Bonchev–Trinajstić information content (AvgIpc) is 3.32. The number of nitrogens with zero attached hydrogens (tertiary/aromatic N) is 4. The van der Waals surface area contributed by atoms with Gasteiger partial charge in [0.1, 0.15) is 11.5 Å². The van der Waals surface area contributed by atoms with Crippen LogP contribution >= 0.6 is 0 Å². The molecule has 0 spiro atoms. The summed E-state index contributed by atoms with van der Waals surface area (Å²) < 4.78 is 1.86. The lowest BCUT2D eigenvalue weighted by Crippen LogP contribution is -2.62. The Morgan fingerprint density at radius 2 is 1.80 bits per heavy atom. The molecular weight excluding hydrogens is 442 g/mol. The number of rotatable bonds is 5. The molecule has 0 saturated carbocycles. The van der Waals surface area contributed by atoms with Crippen LogP contribution in [-0.2, 0) is 20.5 Å². The zero-order chi connectivity index (χ0) is 25.8. The first-order valence-corrected chi connectivity index (χ1v) is 12.4. The van der Waals surface area contributed by atoms with E-state index in [1.54, 1.807) is 15.9 Å². The summed E-state index contributed by atoms with van der Waals surface area (Å²) in [5, 5.41) is 7.79. The van der Waals surface area contributed by atoms with Crippen molar-refractivity contribution in [2.45, 2.75) is 90.8 Å². The first kappa shape index (κ1) is 24.9.